The fourth-order valence-corrected chi connectivity index (χ4v) is 3.04. The first kappa shape index (κ1) is 11.9. The summed E-state index contributed by atoms with van der Waals surface area (Å²) in [6.45, 7) is 2.65. The molecule has 2 rings (SSSR count). The van der Waals surface area contributed by atoms with Crippen molar-refractivity contribution >= 4 is 5.91 Å². The summed E-state index contributed by atoms with van der Waals surface area (Å²) in [6.07, 6.45) is 3.51. The Morgan fingerprint density at radius 3 is 2.19 bits per heavy atom. The molecule has 4 nitrogen and oxygen atoms in total. The van der Waals surface area contributed by atoms with E-state index < -0.39 is 12.2 Å². The minimum Gasteiger partial charge on any atom is -0.388 e. The van der Waals surface area contributed by atoms with Crippen LogP contribution in [0.4, 0.5) is 0 Å². The minimum atomic E-state index is -0.765. The largest absolute Gasteiger partial charge is 0.388 e. The maximum Gasteiger partial charge on any atom is 0.228 e. The number of β-amino-alcohol motifs (C(OH)–C–C–N with tert-alkyl or cyclic N) is 2. The Bertz CT molecular complexity index is 263. The van der Waals surface area contributed by atoms with Gasteiger partial charge in [-0.15, -0.1) is 0 Å². The Hall–Kier alpha value is -0.610. The van der Waals surface area contributed by atoms with Crippen LogP contribution in [-0.2, 0) is 4.79 Å². The molecule has 0 radical (unpaired) electrons. The van der Waals surface area contributed by atoms with Crippen molar-refractivity contribution in [3.8, 4) is 0 Å². The molecular weight excluding hydrogens is 206 g/mol. The van der Waals surface area contributed by atoms with E-state index in [1.165, 1.54) is 0 Å². The van der Waals surface area contributed by atoms with E-state index in [0.717, 1.165) is 32.1 Å². The number of amides is 1. The van der Waals surface area contributed by atoms with Gasteiger partial charge in [-0.2, -0.15) is 0 Å². The van der Waals surface area contributed by atoms with Crippen LogP contribution in [0, 0.1) is 5.41 Å². The molecule has 2 N–H and O–H groups in total. The molecule has 2 aliphatic rings. The van der Waals surface area contributed by atoms with E-state index in [1.54, 1.807) is 4.90 Å². The zero-order valence-corrected chi connectivity index (χ0v) is 9.85. The van der Waals surface area contributed by atoms with Crippen LogP contribution in [0.5, 0.6) is 0 Å². The molecule has 1 aliphatic heterocycles. The maximum absolute atomic E-state index is 12.4. The third-order valence-corrected chi connectivity index (χ3v) is 4.24. The van der Waals surface area contributed by atoms with Crippen LogP contribution >= 0.6 is 0 Å². The first-order valence-electron chi connectivity index (χ1n) is 6.24. The van der Waals surface area contributed by atoms with Gasteiger partial charge in [-0.25, -0.2) is 0 Å². The number of aliphatic hydroxyl groups excluding tert-OH is 2. The summed E-state index contributed by atoms with van der Waals surface area (Å²) < 4.78 is 0. The highest BCUT2D eigenvalue weighted by Crippen LogP contribution is 2.42. The van der Waals surface area contributed by atoms with E-state index in [4.69, 9.17) is 0 Å². The zero-order chi connectivity index (χ0) is 11.8. The van der Waals surface area contributed by atoms with Crippen molar-refractivity contribution < 1.29 is 15.0 Å². The van der Waals surface area contributed by atoms with Crippen LogP contribution in [-0.4, -0.2) is 46.3 Å². The molecule has 92 valence electrons. The highest BCUT2D eigenvalue weighted by Gasteiger charge is 2.44. The number of likely N-dealkylation sites (tertiary alicyclic amines) is 1. The second kappa shape index (κ2) is 4.34. The third kappa shape index (κ3) is 1.84. The van der Waals surface area contributed by atoms with Gasteiger partial charge in [0.2, 0.25) is 5.91 Å². The highest BCUT2D eigenvalue weighted by atomic mass is 16.3. The molecule has 2 atom stereocenters. The van der Waals surface area contributed by atoms with Crippen molar-refractivity contribution in [1.29, 1.82) is 0 Å². The van der Waals surface area contributed by atoms with E-state index in [9.17, 15) is 15.0 Å². The van der Waals surface area contributed by atoms with Gasteiger partial charge in [-0.3, -0.25) is 4.79 Å². The lowest BCUT2D eigenvalue weighted by Crippen LogP contribution is -2.41. The quantitative estimate of drug-likeness (QED) is 0.723. The summed E-state index contributed by atoms with van der Waals surface area (Å²) in [7, 11) is 0. The monoisotopic (exact) mass is 227 g/mol. The first-order valence-corrected chi connectivity index (χ1v) is 6.24. The highest BCUT2D eigenvalue weighted by molar-refractivity contribution is 5.83. The summed E-state index contributed by atoms with van der Waals surface area (Å²) in [5, 5.41) is 18.9. The molecule has 2 fully saturated rings. The Morgan fingerprint density at radius 1 is 1.25 bits per heavy atom. The first-order chi connectivity index (χ1) is 7.59. The molecule has 0 aromatic rings. The summed E-state index contributed by atoms with van der Waals surface area (Å²) in [5.74, 6) is 0.142. The lowest BCUT2D eigenvalue weighted by Gasteiger charge is -2.31. The molecule has 1 heterocycles. The van der Waals surface area contributed by atoms with Gasteiger partial charge in [-0.05, 0) is 19.3 Å². The average molecular weight is 227 g/mol. The van der Waals surface area contributed by atoms with E-state index in [2.05, 4.69) is 6.92 Å². The molecule has 0 bridgehead atoms. The fourth-order valence-electron chi connectivity index (χ4n) is 3.04. The SMILES string of the molecule is CCC1(C(=O)N2C[C@@H](O)[C@@H](O)C2)CCCC1. The molecule has 1 amide bonds. The predicted octanol–water partition coefficient (Wildman–Crippen LogP) is 0.521. The number of aliphatic hydroxyl groups is 2. The molecular formula is C12H21NO3. The van der Waals surface area contributed by atoms with E-state index in [-0.39, 0.29) is 11.3 Å². The fraction of sp³-hybridized carbons (Fsp3) is 0.917. The van der Waals surface area contributed by atoms with Crippen molar-refractivity contribution in [2.45, 2.75) is 51.2 Å². The van der Waals surface area contributed by atoms with Gasteiger partial charge in [0, 0.05) is 18.5 Å². The van der Waals surface area contributed by atoms with Crippen molar-refractivity contribution in [2.75, 3.05) is 13.1 Å². The van der Waals surface area contributed by atoms with Gasteiger partial charge in [-0.1, -0.05) is 19.8 Å². The van der Waals surface area contributed by atoms with Crippen LogP contribution in [0.1, 0.15) is 39.0 Å². The van der Waals surface area contributed by atoms with Crippen LogP contribution in [0.3, 0.4) is 0 Å². The summed E-state index contributed by atoms with van der Waals surface area (Å²) in [4.78, 5) is 14.0. The number of hydrogen-bond donors (Lipinski definition) is 2. The normalized spacial score (nSPS) is 33.3. The molecule has 4 heteroatoms. The zero-order valence-electron chi connectivity index (χ0n) is 9.85. The summed E-state index contributed by atoms with van der Waals surface area (Å²) >= 11 is 0. The Balaban J connectivity index is 2.07. The van der Waals surface area contributed by atoms with E-state index in [1.807, 2.05) is 0 Å². The smallest absolute Gasteiger partial charge is 0.228 e. The van der Waals surface area contributed by atoms with Crippen LogP contribution in [0.2, 0.25) is 0 Å². The predicted molar refractivity (Wildman–Crippen MR) is 59.8 cm³/mol. The van der Waals surface area contributed by atoms with Crippen LogP contribution < -0.4 is 0 Å². The number of nitrogens with zero attached hydrogens (tertiary/aromatic N) is 1. The summed E-state index contributed by atoms with van der Waals surface area (Å²) in [6, 6.07) is 0. The number of rotatable bonds is 2. The summed E-state index contributed by atoms with van der Waals surface area (Å²) in [5.41, 5.74) is -0.205. The molecule has 16 heavy (non-hydrogen) atoms. The third-order valence-electron chi connectivity index (χ3n) is 4.24. The van der Waals surface area contributed by atoms with Gasteiger partial charge in [0.15, 0.2) is 0 Å². The topological polar surface area (TPSA) is 60.8 Å². The molecule has 1 saturated carbocycles. The van der Waals surface area contributed by atoms with Gasteiger partial charge in [0.1, 0.15) is 0 Å². The number of carbonyl (C=O) groups excluding carboxylic acids is 1. The van der Waals surface area contributed by atoms with Gasteiger partial charge < -0.3 is 15.1 Å². The van der Waals surface area contributed by atoms with Crippen LogP contribution in [0.15, 0.2) is 0 Å². The van der Waals surface area contributed by atoms with Crippen molar-refractivity contribution in [1.82, 2.24) is 4.90 Å². The van der Waals surface area contributed by atoms with Crippen molar-refractivity contribution in [3.05, 3.63) is 0 Å². The maximum atomic E-state index is 12.4. The van der Waals surface area contributed by atoms with Crippen molar-refractivity contribution in [2.24, 2.45) is 5.41 Å². The minimum absolute atomic E-state index is 0.142. The Labute approximate surface area is 96.3 Å². The lowest BCUT2D eigenvalue weighted by molar-refractivity contribution is -0.141. The van der Waals surface area contributed by atoms with Gasteiger partial charge in [0.05, 0.1) is 12.2 Å². The van der Waals surface area contributed by atoms with E-state index >= 15 is 0 Å². The standard InChI is InChI=1S/C12H21NO3/c1-2-12(5-3-4-6-12)11(16)13-7-9(14)10(15)8-13/h9-10,14-15H,2-8H2,1H3/t9-,10+. The molecule has 0 aromatic carbocycles. The second-order valence-electron chi connectivity index (χ2n) is 5.19. The molecule has 0 aromatic heterocycles. The van der Waals surface area contributed by atoms with Crippen molar-refractivity contribution in [3.63, 3.8) is 0 Å². The number of hydrogen-bond acceptors (Lipinski definition) is 3. The Morgan fingerprint density at radius 2 is 1.75 bits per heavy atom. The number of carbonyl (C=O) groups is 1. The Kier molecular flexibility index (Phi) is 3.22. The molecule has 0 spiro atoms. The van der Waals surface area contributed by atoms with Gasteiger partial charge in [0.25, 0.3) is 0 Å². The van der Waals surface area contributed by atoms with E-state index in [0.29, 0.717) is 13.1 Å². The second-order valence-corrected chi connectivity index (χ2v) is 5.19. The van der Waals surface area contributed by atoms with Crippen LogP contribution in [0.25, 0.3) is 0 Å². The molecule has 1 saturated heterocycles. The van der Waals surface area contributed by atoms with Gasteiger partial charge >= 0.3 is 0 Å². The molecule has 0 unspecified atom stereocenters. The average Bonchev–Trinajstić information content (AvgIpc) is 2.87. The lowest BCUT2D eigenvalue weighted by atomic mass is 9.82. The molecule has 1 aliphatic carbocycles.